The number of carbonyl (C=O) groups excluding carboxylic acids is 1. The normalized spacial score (nSPS) is 9.30. The van der Waals surface area contributed by atoms with Crippen LogP contribution in [0.25, 0.3) is 0 Å². The Kier molecular flexibility index (Phi) is 4.63. The highest BCUT2D eigenvalue weighted by Crippen LogP contribution is 2.07. The van der Waals surface area contributed by atoms with Gasteiger partial charge >= 0.3 is 0 Å². The van der Waals surface area contributed by atoms with E-state index in [9.17, 15) is 4.79 Å². The second-order valence-corrected chi connectivity index (χ2v) is 2.50. The first-order chi connectivity index (χ1) is 4.66. The number of unbranched alkanes of at least 4 members (excludes halogenated alkanes) is 1. The van der Waals surface area contributed by atoms with E-state index < -0.39 is 0 Å². The Morgan fingerprint density at radius 1 is 1.60 bits per heavy atom. The Labute approximate surface area is 62.1 Å². The van der Waals surface area contributed by atoms with Gasteiger partial charge in [-0.3, -0.25) is 4.79 Å². The van der Waals surface area contributed by atoms with Gasteiger partial charge in [-0.1, -0.05) is 25.5 Å². The fourth-order valence-electron chi connectivity index (χ4n) is 0.762. The van der Waals surface area contributed by atoms with Gasteiger partial charge in [0.25, 0.3) is 0 Å². The van der Waals surface area contributed by atoms with Crippen molar-refractivity contribution in [1.82, 2.24) is 0 Å². The van der Waals surface area contributed by atoms with Crippen LogP contribution in [0.3, 0.4) is 0 Å². The highest BCUT2D eigenvalue weighted by atomic mass is 16.1. The van der Waals surface area contributed by atoms with Crippen molar-refractivity contribution in [1.29, 1.82) is 0 Å². The van der Waals surface area contributed by atoms with Gasteiger partial charge in [-0.2, -0.15) is 0 Å². The fraction of sp³-hybridized carbons (Fsp3) is 0.625. The summed E-state index contributed by atoms with van der Waals surface area (Å²) in [5.74, 6) is -0.277. The lowest BCUT2D eigenvalue weighted by Crippen LogP contribution is -2.10. The molecule has 0 aromatic carbocycles. The standard InChI is InChI=1S/C8H15NO/c1-3-4-5-7(2)6-8(9)10/h2-6H2,1H3,(H2,9,10). The molecule has 0 aliphatic heterocycles. The molecule has 2 nitrogen and oxygen atoms in total. The van der Waals surface area contributed by atoms with Crippen LogP contribution in [0.1, 0.15) is 32.6 Å². The van der Waals surface area contributed by atoms with Crippen LogP contribution >= 0.6 is 0 Å². The van der Waals surface area contributed by atoms with Crippen molar-refractivity contribution in [3.63, 3.8) is 0 Å². The topological polar surface area (TPSA) is 43.1 Å². The Balaban J connectivity index is 3.35. The minimum Gasteiger partial charge on any atom is -0.369 e. The molecule has 1 amide bonds. The van der Waals surface area contributed by atoms with Crippen molar-refractivity contribution in [2.24, 2.45) is 5.73 Å². The van der Waals surface area contributed by atoms with Crippen LogP contribution in [0, 0.1) is 0 Å². The van der Waals surface area contributed by atoms with E-state index in [1.807, 2.05) is 0 Å². The van der Waals surface area contributed by atoms with Crippen LogP contribution in [0.2, 0.25) is 0 Å². The Hall–Kier alpha value is -0.790. The van der Waals surface area contributed by atoms with Crippen molar-refractivity contribution in [2.75, 3.05) is 0 Å². The number of carbonyl (C=O) groups is 1. The zero-order chi connectivity index (χ0) is 7.98. The van der Waals surface area contributed by atoms with Crippen LogP contribution in [0.15, 0.2) is 12.2 Å². The van der Waals surface area contributed by atoms with Crippen LogP contribution in [-0.4, -0.2) is 5.91 Å². The number of rotatable bonds is 5. The van der Waals surface area contributed by atoms with Gasteiger partial charge in [0.15, 0.2) is 0 Å². The molecule has 0 aromatic rings. The summed E-state index contributed by atoms with van der Waals surface area (Å²) >= 11 is 0. The summed E-state index contributed by atoms with van der Waals surface area (Å²) in [6.45, 7) is 5.84. The number of hydrogen-bond acceptors (Lipinski definition) is 1. The molecular weight excluding hydrogens is 126 g/mol. The highest BCUT2D eigenvalue weighted by Gasteiger charge is 1.97. The van der Waals surface area contributed by atoms with Crippen molar-refractivity contribution in [3.8, 4) is 0 Å². The van der Waals surface area contributed by atoms with Crippen LogP contribution in [0.5, 0.6) is 0 Å². The maximum Gasteiger partial charge on any atom is 0.221 e. The molecule has 0 saturated carbocycles. The van der Waals surface area contributed by atoms with Crippen molar-refractivity contribution >= 4 is 5.91 Å². The third-order valence-corrected chi connectivity index (χ3v) is 1.31. The molecular formula is C8H15NO. The smallest absolute Gasteiger partial charge is 0.221 e. The van der Waals surface area contributed by atoms with Crippen LogP contribution < -0.4 is 5.73 Å². The second-order valence-electron chi connectivity index (χ2n) is 2.50. The Morgan fingerprint density at radius 2 is 2.20 bits per heavy atom. The minimum absolute atomic E-state index is 0.277. The summed E-state index contributed by atoms with van der Waals surface area (Å²) in [5, 5.41) is 0. The summed E-state index contributed by atoms with van der Waals surface area (Å²) in [7, 11) is 0. The van der Waals surface area contributed by atoms with Crippen molar-refractivity contribution < 1.29 is 4.79 Å². The molecule has 0 saturated heterocycles. The number of primary amides is 1. The van der Waals surface area contributed by atoms with Crippen LogP contribution in [-0.2, 0) is 4.79 Å². The lowest BCUT2D eigenvalue weighted by Gasteiger charge is -1.99. The van der Waals surface area contributed by atoms with E-state index in [1.165, 1.54) is 0 Å². The maximum atomic E-state index is 10.3. The average molecular weight is 141 g/mol. The molecule has 2 heteroatoms. The highest BCUT2D eigenvalue weighted by molar-refractivity contribution is 5.76. The molecule has 0 heterocycles. The molecule has 0 bridgehead atoms. The van der Waals surface area contributed by atoms with Crippen molar-refractivity contribution in [2.45, 2.75) is 32.6 Å². The van der Waals surface area contributed by atoms with E-state index in [0.29, 0.717) is 6.42 Å². The average Bonchev–Trinajstić information content (AvgIpc) is 1.82. The summed E-state index contributed by atoms with van der Waals surface area (Å²) < 4.78 is 0. The molecule has 0 spiro atoms. The maximum absolute atomic E-state index is 10.3. The number of nitrogens with two attached hydrogens (primary N) is 1. The molecule has 0 rings (SSSR count). The molecule has 0 radical (unpaired) electrons. The molecule has 58 valence electrons. The number of amides is 1. The second kappa shape index (κ2) is 5.03. The monoisotopic (exact) mass is 141 g/mol. The van der Waals surface area contributed by atoms with E-state index in [4.69, 9.17) is 5.73 Å². The lowest BCUT2D eigenvalue weighted by molar-refractivity contribution is -0.117. The van der Waals surface area contributed by atoms with E-state index in [1.54, 1.807) is 0 Å². The van der Waals surface area contributed by atoms with Gasteiger partial charge in [0, 0.05) is 6.42 Å². The fourth-order valence-corrected chi connectivity index (χ4v) is 0.762. The van der Waals surface area contributed by atoms with E-state index in [0.717, 1.165) is 24.8 Å². The SMILES string of the molecule is C=C(CCCC)CC(N)=O. The number of hydrogen-bond donors (Lipinski definition) is 1. The first-order valence-corrected chi connectivity index (χ1v) is 3.61. The molecule has 0 aromatic heterocycles. The van der Waals surface area contributed by atoms with Gasteiger partial charge in [0.1, 0.15) is 0 Å². The Bertz CT molecular complexity index is 129. The van der Waals surface area contributed by atoms with E-state index in [2.05, 4.69) is 13.5 Å². The summed E-state index contributed by atoms with van der Waals surface area (Å²) in [6.07, 6.45) is 3.52. The lowest BCUT2D eigenvalue weighted by atomic mass is 10.1. The first-order valence-electron chi connectivity index (χ1n) is 3.61. The zero-order valence-electron chi connectivity index (χ0n) is 6.52. The quantitative estimate of drug-likeness (QED) is 0.581. The third kappa shape index (κ3) is 5.35. The predicted octanol–water partition coefficient (Wildman–Crippen LogP) is 1.61. The zero-order valence-corrected chi connectivity index (χ0v) is 6.52. The van der Waals surface area contributed by atoms with Gasteiger partial charge in [-0.25, -0.2) is 0 Å². The molecule has 0 aliphatic rings. The molecule has 0 aliphatic carbocycles. The summed E-state index contributed by atoms with van der Waals surface area (Å²) in [4.78, 5) is 10.3. The van der Waals surface area contributed by atoms with Gasteiger partial charge < -0.3 is 5.73 Å². The Morgan fingerprint density at radius 3 is 2.60 bits per heavy atom. The van der Waals surface area contributed by atoms with Gasteiger partial charge in [-0.15, -0.1) is 0 Å². The minimum atomic E-state index is -0.277. The van der Waals surface area contributed by atoms with Gasteiger partial charge in [0.2, 0.25) is 5.91 Å². The third-order valence-electron chi connectivity index (χ3n) is 1.31. The molecule has 0 unspecified atom stereocenters. The molecule has 0 atom stereocenters. The largest absolute Gasteiger partial charge is 0.369 e. The van der Waals surface area contributed by atoms with Gasteiger partial charge in [-0.05, 0) is 12.8 Å². The van der Waals surface area contributed by atoms with E-state index >= 15 is 0 Å². The van der Waals surface area contributed by atoms with Gasteiger partial charge in [0.05, 0.1) is 0 Å². The molecule has 0 fully saturated rings. The van der Waals surface area contributed by atoms with Crippen molar-refractivity contribution in [3.05, 3.63) is 12.2 Å². The predicted molar refractivity (Wildman–Crippen MR) is 42.5 cm³/mol. The van der Waals surface area contributed by atoms with E-state index in [-0.39, 0.29) is 5.91 Å². The summed E-state index contributed by atoms with van der Waals surface area (Å²) in [5.41, 5.74) is 5.92. The van der Waals surface area contributed by atoms with Crippen LogP contribution in [0.4, 0.5) is 0 Å². The summed E-state index contributed by atoms with van der Waals surface area (Å²) in [6, 6.07) is 0. The molecule has 10 heavy (non-hydrogen) atoms. The first kappa shape index (κ1) is 9.21. The molecule has 2 N–H and O–H groups in total.